The quantitative estimate of drug-likeness (QED) is 0.342. The zero-order valence-electron chi connectivity index (χ0n) is 23.1. The van der Waals surface area contributed by atoms with E-state index < -0.39 is 11.6 Å². The first kappa shape index (κ1) is 26.9. The lowest BCUT2D eigenvalue weighted by molar-refractivity contribution is -0.0840. The van der Waals surface area contributed by atoms with Gasteiger partial charge in [0.1, 0.15) is 29.5 Å². The third-order valence-electron chi connectivity index (χ3n) is 7.58. The van der Waals surface area contributed by atoms with E-state index in [2.05, 4.69) is 9.97 Å². The maximum Gasteiger partial charge on any atom is 0.410 e. The van der Waals surface area contributed by atoms with Crippen LogP contribution in [-0.4, -0.2) is 69.3 Å². The largest absolute Gasteiger partial charge is 0.445 e. The van der Waals surface area contributed by atoms with Gasteiger partial charge in [-0.25, -0.2) is 28.5 Å². The molecule has 2 saturated heterocycles. The molecule has 1 amide bonds. The highest BCUT2D eigenvalue weighted by molar-refractivity contribution is 5.88. The maximum absolute atomic E-state index is 14.9. The summed E-state index contributed by atoms with van der Waals surface area (Å²) in [7, 11) is 0. The van der Waals surface area contributed by atoms with Crippen LogP contribution in [0.1, 0.15) is 23.9 Å². The second-order valence-electron chi connectivity index (χ2n) is 10.7. The molecule has 11 heteroatoms. The Balaban J connectivity index is 1.22. The van der Waals surface area contributed by atoms with Gasteiger partial charge in [0.05, 0.1) is 23.6 Å². The van der Waals surface area contributed by atoms with Crippen LogP contribution in [0.4, 0.5) is 19.5 Å². The zero-order valence-corrected chi connectivity index (χ0v) is 23.1. The summed E-state index contributed by atoms with van der Waals surface area (Å²) in [5, 5.41) is 0. The first-order chi connectivity index (χ1) is 19.7. The van der Waals surface area contributed by atoms with Crippen molar-refractivity contribution in [1.29, 1.82) is 0 Å². The minimum Gasteiger partial charge on any atom is -0.445 e. The van der Waals surface area contributed by atoms with Crippen LogP contribution in [0.5, 0.6) is 0 Å². The Morgan fingerprint density at radius 1 is 0.976 bits per heavy atom. The summed E-state index contributed by atoms with van der Waals surface area (Å²) in [5.41, 5.74) is 3.38. The number of halogens is 2. The van der Waals surface area contributed by atoms with Gasteiger partial charge in [-0.2, -0.15) is 4.98 Å². The van der Waals surface area contributed by atoms with Crippen molar-refractivity contribution in [3.05, 3.63) is 77.1 Å². The molecule has 212 valence electrons. The molecule has 6 rings (SSSR count). The van der Waals surface area contributed by atoms with Crippen LogP contribution in [0.15, 0.2) is 48.5 Å². The van der Waals surface area contributed by atoms with Gasteiger partial charge < -0.3 is 19.3 Å². The first-order valence-corrected chi connectivity index (χ1v) is 13.6. The molecule has 0 saturated carbocycles. The fourth-order valence-corrected chi connectivity index (χ4v) is 5.23. The van der Waals surface area contributed by atoms with Crippen molar-refractivity contribution in [3.8, 4) is 11.3 Å². The summed E-state index contributed by atoms with van der Waals surface area (Å²) >= 11 is 0. The van der Waals surface area contributed by atoms with E-state index in [1.165, 1.54) is 12.1 Å². The lowest BCUT2D eigenvalue weighted by Gasteiger charge is -2.47. The average molecular weight is 561 g/mol. The molecule has 2 fully saturated rings. The van der Waals surface area contributed by atoms with E-state index in [1.807, 2.05) is 56.0 Å². The third-order valence-corrected chi connectivity index (χ3v) is 7.58. The van der Waals surface area contributed by atoms with Gasteiger partial charge in [-0.3, -0.25) is 0 Å². The number of ether oxygens (including phenoxy) is 2. The summed E-state index contributed by atoms with van der Waals surface area (Å²) < 4.78 is 40.4. The van der Waals surface area contributed by atoms with Crippen molar-refractivity contribution in [2.75, 3.05) is 31.1 Å². The summed E-state index contributed by atoms with van der Waals surface area (Å²) in [6, 6.07) is 12.9. The summed E-state index contributed by atoms with van der Waals surface area (Å²) in [4.78, 5) is 34.9. The van der Waals surface area contributed by atoms with Crippen LogP contribution in [0.25, 0.3) is 22.4 Å². The number of hydrogen-bond acceptors (Lipinski definition) is 8. The topological polar surface area (TPSA) is 93.6 Å². The number of rotatable bonds is 5. The molecule has 0 spiro atoms. The summed E-state index contributed by atoms with van der Waals surface area (Å²) in [5.74, 6) is -0.930. The Morgan fingerprint density at radius 3 is 2.49 bits per heavy atom. The number of carbonyl (C=O) groups is 1. The molecule has 9 nitrogen and oxygen atoms in total. The van der Waals surface area contributed by atoms with Gasteiger partial charge in [-0.15, -0.1) is 0 Å². The Bertz CT molecular complexity index is 1600. The predicted molar refractivity (Wildman–Crippen MR) is 148 cm³/mol. The normalized spacial score (nSPS) is 19.3. The molecule has 4 heterocycles. The number of aryl methyl sites for hydroxylation is 2. The van der Waals surface area contributed by atoms with Crippen LogP contribution in [-0.2, 0) is 16.1 Å². The number of hydrogen-bond donors (Lipinski definition) is 0. The van der Waals surface area contributed by atoms with Gasteiger partial charge in [0.15, 0.2) is 5.65 Å². The average Bonchev–Trinajstić information content (AvgIpc) is 2.92. The number of amides is 1. The van der Waals surface area contributed by atoms with Crippen LogP contribution >= 0.6 is 0 Å². The monoisotopic (exact) mass is 560 g/mol. The van der Waals surface area contributed by atoms with Gasteiger partial charge in [-0.1, -0.05) is 30.3 Å². The van der Waals surface area contributed by atoms with Crippen molar-refractivity contribution in [3.63, 3.8) is 0 Å². The Labute approximate surface area is 236 Å². The fourth-order valence-electron chi connectivity index (χ4n) is 5.23. The highest BCUT2D eigenvalue weighted by Gasteiger charge is 2.41. The number of fused-ring (bicyclic) bond motifs is 1. The van der Waals surface area contributed by atoms with Crippen LogP contribution < -0.4 is 4.90 Å². The molecule has 0 unspecified atom stereocenters. The van der Waals surface area contributed by atoms with Crippen LogP contribution in [0.3, 0.4) is 0 Å². The summed E-state index contributed by atoms with van der Waals surface area (Å²) in [6.07, 6.45) is -0.657. The molecule has 0 bridgehead atoms. The van der Waals surface area contributed by atoms with E-state index >= 15 is 0 Å². The van der Waals surface area contributed by atoms with Gasteiger partial charge in [0.2, 0.25) is 5.95 Å². The number of nitrogens with zero attached hydrogens (tertiary/aromatic N) is 6. The van der Waals surface area contributed by atoms with Crippen LogP contribution in [0, 0.1) is 31.4 Å². The lowest BCUT2D eigenvalue weighted by atomic mass is 9.92. The number of morpholine rings is 1. The molecule has 0 radical (unpaired) electrons. The van der Waals surface area contributed by atoms with Crippen molar-refractivity contribution >= 4 is 23.2 Å². The molecule has 0 N–H and O–H groups in total. The van der Waals surface area contributed by atoms with Crippen LogP contribution in [0.2, 0.25) is 0 Å². The summed E-state index contributed by atoms with van der Waals surface area (Å²) in [6.45, 7) is 7.89. The van der Waals surface area contributed by atoms with E-state index in [0.717, 1.165) is 11.6 Å². The van der Waals surface area contributed by atoms with Crippen molar-refractivity contribution < 1.29 is 23.0 Å². The van der Waals surface area contributed by atoms with E-state index in [4.69, 9.17) is 19.4 Å². The minimum absolute atomic E-state index is 0.115. The molecule has 2 aliphatic heterocycles. The Kier molecular flexibility index (Phi) is 7.21. The molecule has 4 aromatic rings. The van der Waals surface area contributed by atoms with Crippen molar-refractivity contribution in [2.24, 2.45) is 5.92 Å². The van der Waals surface area contributed by atoms with Gasteiger partial charge in [-0.05, 0) is 38.5 Å². The molecule has 2 aliphatic rings. The van der Waals surface area contributed by atoms with Gasteiger partial charge in [0, 0.05) is 43.7 Å². The van der Waals surface area contributed by atoms with E-state index in [-0.39, 0.29) is 42.1 Å². The second kappa shape index (κ2) is 11.0. The SMILES string of the molecule is Cc1nc2nc(N3C[C@H](C)O[C@@H](C4CN(C(=O)OCc5ccccc5)C4)C3)nc(-c3ccc(F)cc3F)c2nc1C. The first-order valence-electron chi connectivity index (χ1n) is 13.6. The minimum atomic E-state index is -0.738. The number of carbonyl (C=O) groups excluding carboxylic acids is 1. The highest BCUT2D eigenvalue weighted by atomic mass is 19.1. The molecule has 41 heavy (non-hydrogen) atoms. The maximum atomic E-state index is 14.9. The van der Waals surface area contributed by atoms with E-state index in [1.54, 1.807) is 4.90 Å². The standard InChI is InChI=1S/C30H30F2N6O3/c1-17-12-37(15-25(41-17)21-13-38(14-21)30(39)40-16-20-7-5-4-6-8-20)29-35-26(23-10-9-22(31)11-24(23)32)27-28(36-29)34-19(3)18(2)33-27/h4-11,17,21,25H,12-16H2,1-3H3/t17-,25+/m0/s1. The molecule has 0 aliphatic carbocycles. The molecule has 2 atom stereocenters. The Morgan fingerprint density at radius 2 is 1.73 bits per heavy atom. The van der Waals surface area contributed by atoms with E-state index in [9.17, 15) is 13.6 Å². The van der Waals surface area contributed by atoms with E-state index in [0.29, 0.717) is 54.7 Å². The molecular formula is C30H30F2N6O3. The predicted octanol–water partition coefficient (Wildman–Crippen LogP) is 4.84. The lowest BCUT2D eigenvalue weighted by Crippen LogP contribution is -2.60. The highest BCUT2D eigenvalue weighted by Crippen LogP contribution is 2.32. The van der Waals surface area contributed by atoms with Gasteiger partial charge in [0.25, 0.3) is 0 Å². The molecule has 2 aromatic heterocycles. The zero-order chi connectivity index (χ0) is 28.7. The second-order valence-corrected chi connectivity index (χ2v) is 10.7. The number of likely N-dealkylation sites (tertiary alicyclic amines) is 1. The van der Waals surface area contributed by atoms with Crippen molar-refractivity contribution in [2.45, 2.75) is 39.6 Å². The van der Waals surface area contributed by atoms with Gasteiger partial charge >= 0.3 is 6.09 Å². The smallest absolute Gasteiger partial charge is 0.410 e. The fraction of sp³-hybridized carbons (Fsp3) is 0.367. The number of aromatic nitrogens is 4. The number of benzene rings is 2. The third kappa shape index (κ3) is 5.54. The molecule has 2 aromatic carbocycles. The number of anilines is 1. The Hall–Kier alpha value is -4.25. The molecular weight excluding hydrogens is 530 g/mol. The van der Waals surface area contributed by atoms with Crippen molar-refractivity contribution in [1.82, 2.24) is 24.8 Å².